The molecule has 0 radical (unpaired) electrons. The molecular weight excluding hydrogens is 239 g/mol. The van der Waals surface area contributed by atoms with E-state index in [9.17, 15) is 17.4 Å². The van der Waals surface area contributed by atoms with Gasteiger partial charge in [-0.3, -0.25) is 4.21 Å². The third kappa shape index (κ3) is 10.4. The van der Waals surface area contributed by atoms with E-state index in [1.54, 1.807) is 6.26 Å². The largest absolute Gasteiger partial charge is 0.389 e. The molecule has 0 saturated carbocycles. The Morgan fingerprint density at radius 3 is 2.25 bits per heavy atom. The van der Waals surface area contributed by atoms with Gasteiger partial charge in [-0.2, -0.15) is 13.2 Å². The molecule has 0 aromatic carbocycles. The van der Waals surface area contributed by atoms with Crippen molar-refractivity contribution >= 4 is 10.8 Å². The zero-order valence-electron chi connectivity index (χ0n) is 9.93. The Balaban J connectivity index is 3.66. The van der Waals surface area contributed by atoms with Crippen molar-refractivity contribution < 1.29 is 17.4 Å². The first-order chi connectivity index (χ1) is 7.20. The van der Waals surface area contributed by atoms with E-state index in [1.165, 1.54) is 0 Å². The van der Waals surface area contributed by atoms with Crippen molar-refractivity contribution in [3.8, 4) is 0 Å². The highest BCUT2D eigenvalue weighted by Crippen LogP contribution is 2.22. The van der Waals surface area contributed by atoms with E-state index in [1.807, 2.05) is 13.8 Å². The quantitative estimate of drug-likeness (QED) is 0.761. The fourth-order valence-electron chi connectivity index (χ4n) is 1.58. The Bertz CT molecular complexity index is 221. The average Bonchev–Trinajstić information content (AvgIpc) is 1.98. The van der Waals surface area contributed by atoms with E-state index in [0.29, 0.717) is 12.2 Å². The minimum absolute atomic E-state index is 0.0286. The first kappa shape index (κ1) is 15.9. The zero-order valence-corrected chi connectivity index (χ0v) is 10.8. The third-order valence-electron chi connectivity index (χ3n) is 2.15. The molecule has 0 amide bonds. The first-order valence-corrected chi connectivity index (χ1v) is 7.06. The molecular formula is C10H20F3NOS. The summed E-state index contributed by atoms with van der Waals surface area (Å²) in [6, 6.07) is 0.104. The summed E-state index contributed by atoms with van der Waals surface area (Å²) in [5, 5.41) is 3.14. The van der Waals surface area contributed by atoms with Gasteiger partial charge in [-0.05, 0) is 26.7 Å². The van der Waals surface area contributed by atoms with Crippen molar-refractivity contribution in [1.82, 2.24) is 5.32 Å². The molecule has 0 aromatic rings. The van der Waals surface area contributed by atoms with Crippen molar-refractivity contribution in [2.45, 2.75) is 51.4 Å². The second-order valence-corrected chi connectivity index (χ2v) is 5.70. The molecule has 3 unspecified atom stereocenters. The SMILES string of the molecule is CC(CCCC(F)(F)F)NC(C)CS(C)=O. The molecule has 0 fully saturated rings. The highest BCUT2D eigenvalue weighted by molar-refractivity contribution is 7.84. The lowest BCUT2D eigenvalue weighted by Crippen LogP contribution is -2.37. The van der Waals surface area contributed by atoms with Gasteiger partial charge in [-0.15, -0.1) is 0 Å². The lowest BCUT2D eigenvalue weighted by atomic mass is 10.1. The molecule has 0 spiro atoms. The summed E-state index contributed by atoms with van der Waals surface area (Å²) < 4.78 is 46.5. The number of nitrogens with one attached hydrogen (secondary N) is 1. The molecule has 0 aliphatic rings. The smallest absolute Gasteiger partial charge is 0.311 e. The Kier molecular flexibility index (Phi) is 7.22. The summed E-state index contributed by atoms with van der Waals surface area (Å²) in [6.07, 6.45) is -2.55. The summed E-state index contributed by atoms with van der Waals surface area (Å²) in [4.78, 5) is 0. The van der Waals surface area contributed by atoms with Crippen LogP contribution in [-0.2, 0) is 10.8 Å². The lowest BCUT2D eigenvalue weighted by Gasteiger charge is -2.19. The van der Waals surface area contributed by atoms with Crippen LogP contribution in [0.1, 0.15) is 33.1 Å². The predicted molar refractivity (Wildman–Crippen MR) is 60.9 cm³/mol. The Hall–Kier alpha value is -0.100. The van der Waals surface area contributed by atoms with Gasteiger partial charge in [0, 0.05) is 41.3 Å². The zero-order chi connectivity index (χ0) is 12.8. The number of halogens is 3. The van der Waals surface area contributed by atoms with Crippen LogP contribution in [0.25, 0.3) is 0 Å². The normalized spacial score (nSPS) is 18.1. The van der Waals surface area contributed by atoms with E-state index < -0.39 is 23.4 Å². The van der Waals surface area contributed by atoms with E-state index in [-0.39, 0.29) is 18.5 Å². The predicted octanol–water partition coefficient (Wildman–Crippen LogP) is 2.46. The van der Waals surface area contributed by atoms with Crippen LogP contribution in [0, 0.1) is 0 Å². The number of rotatable bonds is 7. The lowest BCUT2D eigenvalue weighted by molar-refractivity contribution is -0.135. The van der Waals surface area contributed by atoms with Crippen LogP contribution in [0.2, 0.25) is 0 Å². The van der Waals surface area contributed by atoms with Crippen molar-refractivity contribution in [2.24, 2.45) is 0 Å². The third-order valence-corrected chi connectivity index (χ3v) is 3.12. The molecule has 16 heavy (non-hydrogen) atoms. The average molecular weight is 259 g/mol. The topological polar surface area (TPSA) is 29.1 Å². The minimum Gasteiger partial charge on any atom is -0.311 e. The second kappa shape index (κ2) is 7.27. The number of alkyl halides is 3. The van der Waals surface area contributed by atoms with E-state index in [2.05, 4.69) is 5.32 Å². The summed E-state index contributed by atoms with van der Waals surface area (Å²) >= 11 is 0. The van der Waals surface area contributed by atoms with Crippen LogP contribution in [-0.4, -0.2) is 34.5 Å². The van der Waals surface area contributed by atoms with Crippen LogP contribution < -0.4 is 5.32 Å². The van der Waals surface area contributed by atoms with Gasteiger partial charge in [-0.25, -0.2) is 0 Å². The molecule has 0 aliphatic heterocycles. The summed E-state index contributed by atoms with van der Waals surface area (Å²) in [7, 11) is -0.874. The van der Waals surface area contributed by atoms with E-state index >= 15 is 0 Å². The van der Waals surface area contributed by atoms with Gasteiger partial charge >= 0.3 is 6.18 Å². The molecule has 0 aromatic heterocycles. The molecule has 1 N–H and O–H groups in total. The highest BCUT2D eigenvalue weighted by Gasteiger charge is 2.26. The maximum absolute atomic E-state index is 11.9. The summed E-state index contributed by atoms with van der Waals surface area (Å²) in [5.41, 5.74) is 0. The Labute approximate surface area is 97.4 Å². The van der Waals surface area contributed by atoms with Crippen molar-refractivity contribution in [3.63, 3.8) is 0 Å². The highest BCUT2D eigenvalue weighted by atomic mass is 32.2. The maximum atomic E-state index is 11.9. The molecule has 0 aliphatic carbocycles. The molecule has 0 heterocycles. The fraction of sp³-hybridized carbons (Fsp3) is 1.00. The van der Waals surface area contributed by atoms with Gasteiger partial charge in [0.05, 0.1) is 0 Å². The van der Waals surface area contributed by atoms with Gasteiger partial charge in [-0.1, -0.05) is 0 Å². The Morgan fingerprint density at radius 2 is 1.81 bits per heavy atom. The summed E-state index contributed by atoms with van der Waals surface area (Å²) in [5.74, 6) is 0.531. The second-order valence-electron chi connectivity index (χ2n) is 4.22. The molecule has 98 valence electrons. The van der Waals surface area contributed by atoms with Gasteiger partial charge in [0.15, 0.2) is 0 Å². The van der Waals surface area contributed by atoms with Gasteiger partial charge in [0.1, 0.15) is 0 Å². The monoisotopic (exact) mass is 259 g/mol. The summed E-state index contributed by atoms with van der Waals surface area (Å²) in [6.45, 7) is 3.74. The van der Waals surface area contributed by atoms with Gasteiger partial charge in [0.2, 0.25) is 0 Å². The van der Waals surface area contributed by atoms with E-state index in [0.717, 1.165) is 0 Å². The fourth-order valence-corrected chi connectivity index (χ4v) is 2.38. The van der Waals surface area contributed by atoms with Crippen molar-refractivity contribution in [2.75, 3.05) is 12.0 Å². The van der Waals surface area contributed by atoms with Gasteiger partial charge < -0.3 is 5.32 Å². The standard InChI is InChI=1S/C10H20F3NOS/c1-8(5-4-6-10(11,12)13)14-9(2)7-16(3)15/h8-9,14H,4-7H2,1-3H3. The molecule has 3 atom stereocenters. The number of hydrogen-bond acceptors (Lipinski definition) is 2. The maximum Gasteiger partial charge on any atom is 0.389 e. The molecule has 0 rings (SSSR count). The van der Waals surface area contributed by atoms with Crippen LogP contribution in [0.5, 0.6) is 0 Å². The van der Waals surface area contributed by atoms with E-state index in [4.69, 9.17) is 0 Å². The van der Waals surface area contributed by atoms with Crippen LogP contribution in [0.4, 0.5) is 13.2 Å². The van der Waals surface area contributed by atoms with Crippen molar-refractivity contribution in [3.05, 3.63) is 0 Å². The first-order valence-electron chi connectivity index (χ1n) is 5.33. The molecule has 0 saturated heterocycles. The van der Waals surface area contributed by atoms with Crippen molar-refractivity contribution in [1.29, 1.82) is 0 Å². The molecule has 0 bridgehead atoms. The molecule has 2 nitrogen and oxygen atoms in total. The Morgan fingerprint density at radius 1 is 1.25 bits per heavy atom. The minimum atomic E-state index is -4.06. The molecule has 6 heteroatoms. The van der Waals surface area contributed by atoms with Crippen LogP contribution in [0.15, 0.2) is 0 Å². The van der Waals surface area contributed by atoms with Crippen LogP contribution in [0.3, 0.4) is 0 Å². The van der Waals surface area contributed by atoms with Crippen LogP contribution >= 0.6 is 0 Å². The number of hydrogen-bond donors (Lipinski definition) is 1. The van der Waals surface area contributed by atoms with Gasteiger partial charge in [0.25, 0.3) is 0 Å².